The number of anilines is 1. The zero-order valence-corrected chi connectivity index (χ0v) is 20.4. The summed E-state index contributed by atoms with van der Waals surface area (Å²) in [4.78, 5) is 21.8. The molecule has 0 unspecified atom stereocenters. The molecule has 0 atom stereocenters. The highest BCUT2D eigenvalue weighted by Crippen LogP contribution is 2.29. The Labute approximate surface area is 205 Å². The zero-order chi connectivity index (χ0) is 23.8. The van der Waals surface area contributed by atoms with Gasteiger partial charge in [0, 0.05) is 51.0 Å². The van der Waals surface area contributed by atoms with Gasteiger partial charge in [-0.05, 0) is 57.1 Å². The van der Waals surface area contributed by atoms with Crippen molar-refractivity contribution in [2.45, 2.75) is 25.8 Å². The molecule has 1 N–H and O–H groups in total. The van der Waals surface area contributed by atoms with Crippen LogP contribution in [0.25, 0.3) is 33.8 Å². The molecule has 6 heterocycles. The van der Waals surface area contributed by atoms with Crippen molar-refractivity contribution in [3.05, 3.63) is 48.3 Å². The second kappa shape index (κ2) is 9.31. The first-order chi connectivity index (χ1) is 17.1. The van der Waals surface area contributed by atoms with E-state index in [1.165, 1.54) is 39.0 Å². The number of likely N-dealkylation sites (N-methyl/N-ethyl adjacent to an activating group) is 1. The molecule has 4 aromatic rings. The van der Waals surface area contributed by atoms with Gasteiger partial charge < -0.3 is 9.80 Å². The molecule has 6 rings (SSSR count). The molecule has 0 amide bonds. The van der Waals surface area contributed by atoms with Crippen molar-refractivity contribution in [1.82, 2.24) is 40.2 Å². The standard InChI is InChI=1S/C26H31N9/c1-18-4-3-5-22(28-18)25-26(31-32-30-25)23-7-6-21-24(29-23)16-20(17-27-21)34-10-8-19(9-11-34)35-14-12-33(2)13-15-35/h3-7,16-17,19H,8-15H2,1-2H3,(H,30,31,32). The fourth-order valence-corrected chi connectivity index (χ4v) is 5.25. The normalized spacial score (nSPS) is 18.4. The van der Waals surface area contributed by atoms with Crippen LogP contribution in [0.1, 0.15) is 18.5 Å². The summed E-state index contributed by atoms with van der Waals surface area (Å²) in [5.41, 5.74) is 6.87. The molecule has 2 aliphatic heterocycles. The number of aryl methyl sites for hydroxylation is 1. The number of pyridine rings is 3. The first-order valence-electron chi connectivity index (χ1n) is 12.4. The fraction of sp³-hybridized carbons (Fsp3) is 0.423. The Hall–Kier alpha value is -3.43. The predicted molar refractivity (Wildman–Crippen MR) is 137 cm³/mol. The first kappa shape index (κ1) is 22.1. The number of nitrogens with one attached hydrogen (secondary N) is 1. The van der Waals surface area contributed by atoms with Gasteiger partial charge in [0.15, 0.2) is 0 Å². The summed E-state index contributed by atoms with van der Waals surface area (Å²) in [6, 6.07) is 12.7. The maximum atomic E-state index is 4.92. The van der Waals surface area contributed by atoms with Crippen LogP contribution in [0.3, 0.4) is 0 Å². The van der Waals surface area contributed by atoms with Gasteiger partial charge in [0.05, 0.1) is 34.3 Å². The van der Waals surface area contributed by atoms with E-state index >= 15 is 0 Å². The van der Waals surface area contributed by atoms with E-state index in [1.54, 1.807) is 0 Å². The summed E-state index contributed by atoms with van der Waals surface area (Å²) in [5.74, 6) is 0. The zero-order valence-electron chi connectivity index (χ0n) is 20.4. The number of rotatable bonds is 4. The second-order valence-electron chi connectivity index (χ2n) is 9.69. The van der Waals surface area contributed by atoms with Crippen molar-refractivity contribution in [1.29, 1.82) is 0 Å². The number of piperazine rings is 1. The fourth-order valence-electron chi connectivity index (χ4n) is 5.25. The number of aromatic nitrogens is 6. The Morgan fingerprint density at radius 3 is 2.51 bits per heavy atom. The molecule has 0 saturated carbocycles. The van der Waals surface area contributed by atoms with Crippen molar-refractivity contribution in [3.8, 4) is 22.8 Å². The van der Waals surface area contributed by atoms with E-state index in [0.29, 0.717) is 11.7 Å². The van der Waals surface area contributed by atoms with Crippen LogP contribution < -0.4 is 4.90 Å². The number of hydrogen-bond acceptors (Lipinski definition) is 8. The highest BCUT2D eigenvalue weighted by atomic mass is 15.3. The Balaban J connectivity index is 1.22. The summed E-state index contributed by atoms with van der Waals surface area (Å²) in [6.07, 6.45) is 4.38. The van der Waals surface area contributed by atoms with E-state index in [9.17, 15) is 0 Å². The lowest BCUT2D eigenvalue weighted by atomic mass is 10.0. The molecule has 0 aromatic carbocycles. The number of piperidine rings is 1. The van der Waals surface area contributed by atoms with Gasteiger partial charge in [0.1, 0.15) is 11.4 Å². The van der Waals surface area contributed by atoms with E-state index in [-0.39, 0.29) is 0 Å². The SMILES string of the molecule is Cc1cccc(-c2[nH]nnc2-c2ccc3ncc(N4CCC(N5CCN(C)CC5)CC4)cc3n2)n1. The Kier molecular flexibility index (Phi) is 5.87. The molecule has 2 aliphatic rings. The number of fused-ring (bicyclic) bond motifs is 1. The predicted octanol–water partition coefficient (Wildman–Crippen LogP) is 3.00. The topological polar surface area (TPSA) is 90.0 Å². The third kappa shape index (κ3) is 4.49. The molecular formula is C26H31N9. The molecule has 180 valence electrons. The van der Waals surface area contributed by atoms with Crippen LogP contribution >= 0.6 is 0 Å². The molecule has 4 aromatic heterocycles. The molecule has 2 saturated heterocycles. The quantitative estimate of drug-likeness (QED) is 0.488. The van der Waals surface area contributed by atoms with Crippen LogP contribution in [0.5, 0.6) is 0 Å². The Morgan fingerprint density at radius 2 is 1.71 bits per heavy atom. The summed E-state index contributed by atoms with van der Waals surface area (Å²) in [5, 5.41) is 11.4. The van der Waals surface area contributed by atoms with Gasteiger partial charge >= 0.3 is 0 Å². The average molecular weight is 470 g/mol. The summed E-state index contributed by atoms with van der Waals surface area (Å²) < 4.78 is 0. The molecule has 9 nitrogen and oxygen atoms in total. The van der Waals surface area contributed by atoms with Crippen molar-refractivity contribution in [2.75, 3.05) is 51.2 Å². The third-order valence-electron chi connectivity index (χ3n) is 7.34. The molecule has 0 aliphatic carbocycles. The average Bonchev–Trinajstić information content (AvgIpc) is 3.39. The maximum absolute atomic E-state index is 4.92. The van der Waals surface area contributed by atoms with Gasteiger partial charge in [-0.25, -0.2) is 4.98 Å². The van der Waals surface area contributed by atoms with E-state index in [2.05, 4.69) is 48.2 Å². The van der Waals surface area contributed by atoms with Gasteiger partial charge in [-0.3, -0.25) is 20.0 Å². The molecular weight excluding hydrogens is 438 g/mol. The van der Waals surface area contributed by atoms with Crippen molar-refractivity contribution in [2.24, 2.45) is 0 Å². The summed E-state index contributed by atoms with van der Waals surface area (Å²) >= 11 is 0. The lowest BCUT2D eigenvalue weighted by Crippen LogP contribution is -2.52. The minimum atomic E-state index is 0.693. The van der Waals surface area contributed by atoms with Crippen LogP contribution in [-0.2, 0) is 0 Å². The molecule has 9 heteroatoms. The van der Waals surface area contributed by atoms with Crippen LogP contribution in [0, 0.1) is 6.92 Å². The van der Waals surface area contributed by atoms with Crippen LogP contribution in [-0.4, -0.2) is 92.5 Å². The minimum absolute atomic E-state index is 0.693. The monoisotopic (exact) mass is 469 g/mol. The molecule has 0 spiro atoms. The van der Waals surface area contributed by atoms with Gasteiger partial charge in [0.2, 0.25) is 0 Å². The van der Waals surface area contributed by atoms with E-state index < -0.39 is 0 Å². The highest BCUT2D eigenvalue weighted by molar-refractivity contribution is 5.82. The van der Waals surface area contributed by atoms with Crippen molar-refractivity contribution < 1.29 is 0 Å². The minimum Gasteiger partial charge on any atom is -0.370 e. The lowest BCUT2D eigenvalue weighted by Gasteiger charge is -2.42. The number of H-pyrrole nitrogens is 1. The van der Waals surface area contributed by atoms with E-state index in [0.717, 1.165) is 52.6 Å². The molecule has 0 bridgehead atoms. The smallest absolute Gasteiger partial charge is 0.140 e. The van der Waals surface area contributed by atoms with Crippen LogP contribution in [0.2, 0.25) is 0 Å². The second-order valence-corrected chi connectivity index (χ2v) is 9.69. The maximum Gasteiger partial charge on any atom is 0.140 e. The highest BCUT2D eigenvalue weighted by Gasteiger charge is 2.27. The molecule has 0 radical (unpaired) electrons. The summed E-state index contributed by atoms with van der Waals surface area (Å²) in [7, 11) is 2.22. The number of hydrogen-bond donors (Lipinski definition) is 1. The lowest BCUT2D eigenvalue weighted by molar-refractivity contribution is 0.0982. The van der Waals surface area contributed by atoms with E-state index in [1.807, 2.05) is 43.5 Å². The Morgan fingerprint density at radius 1 is 0.886 bits per heavy atom. The molecule has 35 heavy (non-hydrogen) atoms. The number of aromatic amines is 1. The summed E-state index contributed by atoms with van der Waals surface area (Å²) in [6.45, 7) is 8.81. The van der Waals surface area contributed by atoms with Crippen LogP contribution in [0.15, 0.2) is 42.6 Å². The van der Waals surface area contributed by atoms with Gasteiger partial charge in [-0.2, -0.15) is 0 Å². The van der Waals surface area contributed by atoms with Crippen molar-refractivity contribution in [3.63, 3.8) is 0 Å². The third-order valence-corrected chi connectivity index (χ3v) is 7.34. The Bertz CT molecular complexity index is 1320. The first-order valence-corrected chi connectivity index (χ1v) is 12.4. The van der Waals surface area contributed by atoms with Crippen molar-refractivity contribution >= 4 is 16.7 Å². The number of nitrogens with zero attached hydrogens (tertiary/aromatic N) is 8. The van der Waals surface area contributed by atoms with Gasteiger partial charge in [-0.1, -0.05) is 11.3 Å². The molecule has 2 fully saturated rings. The van der Waals surface area contributed by atoms with Crippen LogP contribution in [0.4, 0.5) is 5.69 Å². The van der Waals surface area contributed by atoms with E-state index in [4.69, 9.17) is 9.97 Å². The largest absolute Gasteiger partial charge is 0.370 e. The van der Waals surface area contributed by atoms with Gasteiger partial charge in [-0.15, -0.1) is 5.10 Å². The van der Waals surface area contributed by atoms with Gasteiger partial charge in [0.25, 0.3) is 0 Å².